The van der Waals surface area contributed by atoms with Gasteiger partial charge >= 0.3 is 0 Å². The summed E-state index contributed by atoms with van der Waals surface area (Å²) >= 11 is 0. The summed E-state index contributed by atoms with van der Waals surface area (Å²) in [5, 5.41) is 11.4. The highest BCUT2D eigenvalue weighted by Crippen LogP contribution is 2.10. The highest BCUT2D eigenvalue weighted by Gasteiger charge is 2.15. The third-order valence-corrected chi connectivity index (χ3v) is 6.22. The summed E-state index contributed by atoms with van der Waals surface area (Å²) in [5.41, 5.74) is 0.426. The van der Waals surface area contributed by atoms with Crippen molar-refractivity contribution in [2.75, 3.05) is 52.9 Å². The van der Waals surface area contributed by atoms with Gasteiger partial charge in [0, 0.05) is 51.3 Å². The van der Waals surface area contributed by atoms with E-state index in [0.29, 0.717) is 12.1 Å². The number of unbranched alkanes of at least 4 members (excludes halogenated alkanes) is 1. The van der Waals surface area contributed by atoms with Crippen molar-refractivity contribution < 1.29 is 13.2 Å². The topological polar surface area (TPSA) is 106 Å². The molecule has 1 amide bonds. The van der Waals surface area contributed by atoms with E-state index in [-0.39, 0.29) is 23.8 Å². The minimum Gasteiger partial charge on any atom is -0.352 e. The Kier molecular flexibility index (Phi) is 8.86. The second-order valence-electron chi connectivity index (χ2n) is 6.94. The van der Waals surface area contributed by atoms with Crippen LogP contribution in [0.5, 0.6) is 0 Å². The second-order valence-corrected chi connectivity index (χ2v) is 8.71. The summed E-state index contributed by atoms with van der Waals surface area (Å²) in [4.78, 5) is 17.0. The predicted molar refractivity (Wildman–Crippen MR) is 107 cm³/mol. The summed E-state index contributed by atoms with van der Waals surface area (Å²) in [6, 6.07) is 7.68. The molecule has 1 aliphatic heterocycles. The molecule has 1 aromatic rings. The number of rotatable bonds is 10. The maximum atomic E-state index is 12.2. The van der Waals surface area contributed by atoms with Crippen LogP contribution in [-0.2, 0) is 10.0 Å². The molecule has 0 radical (unpaired) electrons. The Bertz CT molecular complexity index is 766. The van der Waals surface area contributed by atoms with Crippen LogP contribution in [-0.4, -0.2) is 77.0 Å². The summed E-state index contributed by atoms with van der Waals surface area (Å²) in [7, 11) is -1.51. The number of likely N-dealkylation sites (N-methyl/N-ethyl adjacent to an activating group) is 1. The molecule has 0 atom stereocenters. The lowest BCUT2D eigenvalue weighted by atomic mass is 10.2. The summed E-state index contributed by atoms with van der Waals surface area (Å²) < 4.78 is 26.5. The number of carbonyl (C=O) groups is 1. The van der Waals surface area contributed by atoms with Crippen LogP contribution in [0, 0.1) is 11.3 Å². The lowest BCUT2D eigenvalue weighted by Gasteiger charge is -2.32. The Morgan fingerprint density at radius 1 is 1.11 bits per heavy atom. The smallest absolute Gasteiger partial charge is 0.251 e. The number of nitrogens with zero attached hydrogens (tertiary/aromatic N) is 3. The minimum absolute atomic E-state index is 0.0647. The molecule has 0 saturated carbocycles. The average Bonchev–Trinajstić information content (AvgIpc) is 2.69. The van der Waals surface area contributed by atoms with Gasteiger partial charge < -0.3 is 15.1 Å². The SMILES string of the molecule is CN1CCN(CCCCNC(=O)c2ccc(S(=O)(=O)NCCC#N)cc2)CC1. The molecule has 1 aliphatic rings. The number of hydrogen-bond acceptors (Lipinski definition) is 6. The van der Waals surface area contributed by atoms with E-state index in [2.05, 4.69) is 26.9 Å². The fourth-order valence-corrected chi connectivity index (χ4v) is 3.98. The molecular weight excluding hydrogens is 378 g/mol. The normalized spacial score (nSPS) is 15.9. The lowest BCUT2D eigenvalue weighted by molar-refractivity contribution is 0.0951. The Balaban J connectivity index is 1.70. The zero-order chi connectivity index (χ0) is 20.4. The van der Waals surface area contributed by atoms with E-state index >= 15 is 0 Å². The van der Waals surface area contributed by atoms with Gasteiger partial charge in [-0.3, -0.25) is 4.79 Å². The van der Waals surface area contributed by atoms with Gasteiger partial charge in [-0.1, -0.05) is 0 Å². The van der Waals surface area contributed by atoms with Crippen LogP contribution in [0.25, 0.3) is 0 Å². The highest BCUT2D eigenvalue weighted by atomic mass is 32.2. The van der Waals surface area contributed by atoms with Gasteiger partial charge in [-0.2, -0.15) is 5.26 Å². The molecule has 0 bridgehead atoms. The van der Waals surface area contributed by atoms with Gasteiger partial charge in [0.05, 0.1) is 11.0 Å². The summed E-state index contributed by atoms with van der Waals surface area (Å²) in [6.07, 6.45) is 2.05. The first-order valence-electron chi connectivity index (χ1n) is 9.58. The molecule has 0 spiro atoms. The summed E-state index contributed by atoms with van der Waals surface area (Å²) in [5.74, 6) is -0.207. The highest BCUT2D eigenvalue weighted by molar-refractivity contribution is 7.89. The maximum Gasteiger partial charge on any atom is 0.251 e. The van der Waals surface area contributed by atoms with Crippen LogP contribution in [0.3, 0.4) is 0 Å². The van der Waals surface area contributed by atoms with Crippen molar-refractivity contribution in [1.82, 2.24) is 19.8 Å². The molecule has 0 aromatic heterocycles. The molecule has 9 heteroatoms. The van der Waals surface area contributed by atoms with Crippen LogP contribution in [0.4, 0.5) is 0 Å². The Morgan fingerprint density at radius 3 is 2.43 bits per heavy atom. The standard InChI is InChI=1S/C19H29N5O3S/c1-23-13-15-24(16-14-23)12-3-2-10-21-19(25)17-5-7-18(8-6-17)28(26,27)22-11-4-9-20/h5-8,22H,2-4,10-16H2,1H3,(H,21,25). The van der Waals surface area contributed by atoms with Gasteiger partial charge in [0.15, 0.2) is 0 Å². The van der Waals surface area contributed by atoms with Crippen molar-refractivity contribution in [3.63, 3.8) is 0 Å². The van der Waals surface area contributed by atoms with E-state index in [1.165, 1.54) is 24.3 Å². The van der Waals surface area contributed by atoms with Gasteiger partial charge in [-0.25, -0.2) is 13.1 Å². The van der Waals surface area contributed by atoms with Crippen molar-refractivity contribution >= 4 is 15.9 Å². The first kappa shape index (κ1) is 22.3. The Hall–Kier alpha value is -1.99. The average molecular weight is 408 g/mol. The van der Waals surface area contributed by atoms with E-state index in [0.717, 1.165) is 45.6 Å². The number of carbonyl (C=O) groups excluding carboxylic acids is 1. The monoisotopic (exact) mass is 407 g/mol. The molecule has 28 heavy (non-hydrogen) atoms. The number of sulfonamides is 1. The number of amides is 1. The van der Waals surface area contributed by atoms with Crippen molar-refractivity contribution in [1.29, 1.82) is 5.26 Å². The predicted octanol–water partition coefficient (Wildman–Crippen LogP) is 0.636. The van der Waals surface area contributed by atoms with Gasteiger partial charge in [0.2, 0.25) is 10.0 Å². The van der Waals surface area contributed by atoms with E-state index in [1.54, 1.807) is 0 Å². The molecule has 2 rings (SSSR count). The Labute approximate surface area is 167 Å². The van der Waals surface area contributed by atoms with Gasteiger partial charge in [0.25, 0.3) is 5.91 Å². The van der Waals surface area contributed by atoms with Crippen LogP contribution < -0.4 is 10.0 Å². The quantitative estimate of drug-likeness (QED) is 0.551. The molecule has 1 aromatic carbocycles. The fraction of sp³-hybridized carbons (Fsp3) is 0.579. The Morgan fingerprint density at radius 2 is 1.79 bits per heavy atom. The van der Waals surface area contributed by atoms with E-state index in [1.807, 2.05) is 6.07 Å². The third kappa shape index (κ3) is 7.20. The summed E-state index contributed by atoms with van der Waals surface area (Å²) in [6.45, 7) is 6.13. The molecule has 1 saturated heterocycles. The first-order valence-corrected chi connectivity index (χ1v) is 11.1. The van der Waals surface area contributed by atoms with Crippen molar-refractivity contribution in [3.8, 4) is 6.07 Å². The van der Waals surface area contributed by atoms with E-state index in [4.69, 9.17) is 5.26 Å². The molecule has 0 aliphatic carbocycles. The number of nitrogens with one attached hydrogen (secondary N) is 2. The van der Waals surface area contributed by atoms with Crippen LogP contribution >= 0.6 is 0 Å². The van der Waals surface area contributed by atoms with Crippen molar-refractivity contribution in [2.45, 2.75) is 24.2 Å². The molecule has 2 N–H and O–H groups in total. The third-order valence-electron chi connectivity index (χ3n) is 4.74. The fourth-order valence-electron chi connectivity index (χ4n) is 2.95. The molecule has 154 valence electrons. The van der Waals surface area contributed by atoms with Gasteiger partial charge in [-0.05, 0) is 50.7 Å². The molecule has 1 heterocycles. The van der Waals surface area contributed by atoms with Crippen LogP contribution in [0.15, 0.2) is 29.2 Å². The van der Waals surface area contributed by atoms with Crippen molar-refractivity contribution in [2.24, 2.45) is 0 Å². The largest absolute Gasteiger partial charge is 0.352 e. The van der Waals surface area contributed by atoms with Crippen LogP contribution in [0.2, 0.25) is 0 Å². The minimum atomic E-state index is -3.65. The van der Waals surface area contributed by atoms with Crippen LogP contribution in [0.1, 0.15) is 29.6 Å². The van der Waals surface area contributed by atoms with Gasteiger partial charge in [-0.15, -0.1) is 0 Å². The number of hydrogen-bond donors (Lipinski definition) is 2. The molecule has 0 unspecified atom stereocenters. The first-order chi connectivity index (χ1) is 13.4. The molecule has 1 fully saturated rings. The number of piperazine rings is 1. The lowest BCUT2D eigenvalue weighted by Crippen LogP contribution is -2.44. The zero-order valence-electron chi connectivity index (χ0n) is 16.4. The number of benzene rings is 1. The number of nitriles is 1. The maximum absolute atomic E-state index is 12.2. The van der Waals surface area contributed by atoms with Crippen molar-refractivity contribution in [3.05, 3.63) is 29.8 Å². The second kappa shape index (κ2) is 11.1. The van der Waals surface area contributed by atoms with E-state index < -0.39 is 10.0 Å². The van der Waals surface area contributed by atoms with E-state index in [9.17, 15) is 13.2 Å². The molecule has 8 nitrogen and oxygen atoms in total. The van der Waals surface area contributed by atoms with Gasteiger partial charge in [0.1, 0.15) is 0 Å². The zero-order valence-corrected chi connectivity index (χ0v) is 17.2. The molecular formula is C19H29N5O3S.